The molecule has 21 heavy (non-hydrogen) atoms. The van der Waals surface area contributed by atoms with Crippen LogP contribution < -0.4 is 4.90 Å². The van der Waals surface area contributed by atoms with Crippen molar-refractivity contribution in [3.05, 3.63) is 35.9 Å². The van der Waals surface area contributed by atoms with Crippen LogP contribution in [0.1, 0.15) is 36.0 Å². The molecule has 0 atom stereocenters. The summed E-state index contributed by atoms with van der Waals surface area (Å²) < 4.78 is 0. The zero-order chi connectivity index (χ0) is 14.7. The van der Waals surface area contributed by atoms with Gasteiger partial charge in [-0.05, 0) is 25.0 Å². The lowest BCUT2D eigenvalue weighted by molar-refractivity contribution is 0.112. The number of rotatable bonds is 5. The number of para-hydroxylation sites is 1. The number of aliphatic hydroxyl groups is 1. The number of fused-ring (bicyclic) bond motifs is 1. The van der Waals surface area contributed by atoms with E-state index < -0.39 is 0 Å². The first-order valence-corrected chi connectivity index (χ1v) is 7.56. The number of pyridine rings is 1. The van der Waals surface area contributed by atoms with Gasteiger partial charge in [-0.2, -0.15) is 0 Å². The molecule has 3 rings (SSSR count). The predicted octanol–water partition coefficient (Wildman–Crippen LogP) is 2.79. The second-order valence-electron chi connectivity index (χ2n) is 5.57. The molecule has 0 radical (unpaired) electrons. The van der Waals surface area contributed by atoms with Crippen LogP contribution in [0, 0.1) is 0 Å². The first kappa shape index (κ1) is 14.0. The SMILES string of the molecule is O=Cc1cc2ccccc2nc1N(CCO)C1CCCC1. The first-order valence-electron chi connectivity index (χ1n) is 7.56. The van der Waals surface area contributed by atoms with Gasteiger partial charge >= 0.3 is 0 Å². The van der Waals surface area contributed by atoms with E-state index in [0.717, 1.165) is 30.0 Å². The second kappa shape index (κ2) is 6.22. The Kier molecular flexibility index (Phi) is 4.15. The molecule has 0 amide bonds. The lowest BCUT2D eigenvalue weighted by Gasteiger charge is -2.30. The van der Waals surface area contributed by atoms with Crippen LogP contribution in [0.5, 0.6) is 0 Å². The molecule has 0 bridgehead atoms. The van der Waals surface area contributed by atoms with Gasteiger partial charge in [-0.25, -0.2) is 4.98 Å². The van der Waals surface area contributed by atoms with Gasteiger partial charge in [0.1, 0.15) is 5.82 Å². The number of hydrogen-bond donors (Lipinski definition) is 1. The third-order valence-electron chi connectivity index (χ3n) is 4.24. The quantitative estimate of drug-likeness (QED) is 0.858. The van der Waals surface area contributed by atoms with Gasteiger partial charge in [-0.15, -0.1) is 0 Å². The fraction of sp³-hybridized carbons (Fsp3) is 0.412. The van der Waals surface area contributed by atoms with Crippen molar-refractivity contribution < 1.29 is 9.90 Å². The van der Waals surface area contributed by atoms with Crippen molar-refractivity contribution >= 4 is 23.0 Å². The zero-order valence-electron chi connectivity index (χ0n) is 12.0. The minimum absolute atomic E-state index is 0.0727. The molecular weight excluding hydrogens is 264 g/mol. The highest BCUT2D eigenvalue weighted by atomic mass is 16.3. The monoisotopic (exact) mass is 284 g/mol. The van der Waals surface area contributed by atoms with Crippen LogP contribution in [0.4, 0.5) is 5.82 Å². The summed E-state index contributed by atoms with van der Waals surface area (Å²) in [5.74, 6) is 0.713. The normalized spacial score (nSPS) is 15.5. The molecule has 110 valence electrons. The highest BCUT2D eigenvalue weighted by Gasteiger charge is 2.25. The molecule has 1 saturated carbocycles. The lowest BCUT2D eigenvalue weighted by Crippen LogP contribution is -2.37. The van der Waals surface area contributed by atoms with E-state index in [1.165, 1.54) is 12.8 Å². The van der Waals surface area contributed by atoms with Crippen molar-refractivity contribution in [1.29, 1.82) is 0 Å². The fourth-order valence-electron chi connectivity index (χ4n) is 3.22. The molecule has 0 aliphatic heterocycles. The Morgan fingerprint density at radius 3 is 2.76 bits per heavy atom. The molecule has 1 aromatic heterocycles. The Balaban J connectivity index is 2.08. The topological polar surface area (TPSA) is 53.4 Å². The summed E-state index contributed by atoms with van der Waals surface area (Å²) >= 11 is 0. The van der Waals surface area contributed by atoms with E-state index in [2.05, 4.69) is 4.90 Å². The number of carbonyl (C=O) groups excluding carboxylic acids is 1. The maximum absolute atomic E-state index is 11.5. The Bertz CT molecular complexity index is 636. The largest absolute Gasteiger partial charge is 0.395 e. The Labute approximate surface area is 124 Å². The van der Waals surface area contributed by atoms with E-state index in [0.29, 0.717) is 24.0 Å². The summed E-state index contributed by atoms with van der Waals surface area (Å²) in [6.45, 7) is 0.597. The average molecular weight is 284 g/mol. The summed E-state index contributed by atoms with van der Waals surface area (Å²) in [7, 11) is 0. The summed E-state index contributed by atoms with van der Waals surface area (Å²) in [6.07, 6.45) is 5.49. The highest BCUT2D eigenvalue weighted by Crippen LogP contribution is 2.30. The van der Waals surface area contributed by atoms with Crippen molar-refractivity contribution in [3.63, 3.8) is 0 Å². The van der Waals surface area contributed by atoms with Gasteiger partial charge in [0.25, 0.3) is 0 Å². The van der Waals surface area contributed by atoms with Gasteiger partial charge in [-0.1, -0.05) is 31.0 Å². The van der Waals surface area contributed by atoms with Crippen LogP contribution in [0.3, 0.4) is 0 Å². The number of carbonyl (C=O) groups is 1. The highest BCUT2D eigenvalue weighted by molar-refractivity contribution is 5.91. The molecule has 1 aliphatic carbocycles. The number of aldehydes is 1. The molecule has 0 spiro atoms. The molecule has 1 aliphatic rings. The van der Waals surface area contributed by atoms with Crippen LogP contribution in [0.25, 0.3) is 10.9 Å². The van der Waals surface area contributed by atoms with E-state index in [9.17, 15) is 9.90 Å². The predicted molar refractivity (Wildman–Crippen MR) is 83.8 cm³/mol. The van der Waals surface area contributed by atoms with Gasteiger partial charge in [-0.3, -0.25) is 4.79 Å². The standard InChI is InChI=1S/C17H20N2O2/c20-10-9-19(15-6-2-3-7-15)17-14(12-21)11-13-5-1-4-8-16(13)18-17/h1,4-5,8,11-12,15,20H,2-3,6-7,9-10H2. The minimum atomic E-state index is 0.0727. The van der Waals surface area contributed by atoms with Crippen molar-refractivity contribution in [2.24, 2.45) is 0 Å². The molecule has 0 unspecified atom stereocenters. The Hall–Kier alpha value is -1.94. The summed E-state index contributed by atoms with van der Waals surface area (Å²) in [6, 6.07) is 10.1. The van der Waals surface area contributed by atoms with E-state index >= 15 is 0 Å². The smallest absolute Gasteiger partial charge is 0.153 e. The summed E-state index contributed by atoms with van der Waals surface area (Å²) in [4.78, 5) is 18.3. The van der Waals surface area contributed by atoms with Gasteiger partial charge in [0.15, 0.2) is 6.29 Å². The van der Waals surface area contributed by atoms with Crippen molar-refractivity contribution in [2.75, 3.05) is 18.1 Å². The molecular formula is C17H20N2O2. The summed E-state index contributed by atoms with van der Waals surface area (Å²) in [5, 5.41) is 10.3. The van der Waals surface area contributed by atoms with Crippen molar-refractivity contribution in [3.8, 4) is 0 Å². The Morgan fingerprint density at radius 2 is 2.05 bits per heavy atom. The number of anilines is 1. The van der Waals surface area contributed by atoms with E-state index in [4.69, 9.17) is 4.98 Å². The molecule has 0 saturated heterocycles. The minimum Gasteiger partial charge on any atom is -0.395 e. The van der Waals surface area contributed by atoms with E-state index in [1.54, 1.807) is 0 Å². The summed E-state index contributed by atoms with van der Waals surface area (Å²) in [5.41, 5.74) is 1.49. The van der Waals surface area contributed by atoms with Crippen LogP contribution in [-0.4, -0.2) is 35.6 Å². The van der Waals surface area contributed by atoms with E-state index in [1.807, 2.05) is 30.3 Å². The molecule has 1 fully saturated rings. The average Bonchev–Trinajstić information content (AvgIpc) is 3.05. The van der Waals surface area contributed by atoms with E-state index in [-0.39, 0.29) is 6.61 Å². The van der Waals surface area contributed by atoms with Crippen LogP contribution in [0.2, 0.25) is 0 Å². The molecule has 1 N–H and O–H groups in total. The van der Waals surface area contributed by atoms with Gasteiger partial charge in [0, 0.05) is 18.0 Å². The number of hydrogen-bond acceptors (Lipinski definition) is 4. The van der Waals surface area contributed by atoms with Crippen molar-refractivity contribution in [1.82, 2.24) is 4.98 Å². The third kappa shape index (κ3) is 2.76. The Morgan fingerprint density at radius 1 is 1.29 bits per heavy atom. The first-order chi connectivity index (χ1) is 10.3. The van der Waals surface area contributed by atoms with Gasteiger partial charge in [0.05, 0.1) is 17.7 Å². The van der Waals surface area contributed by atoms with Crippen LogP contribution in [0.15, 0.2) is 30.3 Å². The molecule has 4 heteroatoms. The van der Waals surface area contributed by atoms with Crippen LogP contribution in [-0.2, 0) is 0 Å². The molecule has 1 aromatic carbocycles. The van der Waals surface area contributed by atoms with Gasteiger partial charge in [0.2, 0.25) is 0 Å². The molecule has 1 heterocycles. The second-order valence-corrected chi connectivity index (χ2v) is 5.57. The number of nitrogens with zero attached hydrogens (tertiary/aromatic N) is 2. The van der Waals surface area contributed by atoms with Gasteiger partial charge < -0.3 is 10.0 Å². The number of aromatic nitrogens is 1. The maximum atomic E-state index is 11.5. The van der Waals surface area contributed by atoms with Crippen molar-refractivity contribution in [2.45, 2.75) is 31.7 Å². The third-order valence-corrected chi connectivity index (χ3v) is 4.24. The fourth-order valence-corrected chi connectivity index (χ4v) is 3.22. The maximum Gasteiger partial charge on any atom is 0.153 e. The zero-order valence-corrected chi connectivity index (χ0v) is 12.0. The number of benzene rings is 1. The van der Waals surface area contributed by atoms with Crippen LogP contribution >= 0.6 is 0 Å². The molecule has 2 aromatic rings. The molecule has 4 nitrogen and oxygen atoms in total. The lowest BCUT2D eigenvalue weighted by atomic mass is 10.1. The number of aliphatic hydroxyl groups excluding tert-OH is 1.